The molecule has 0 saturated carbocycles. The fraction of sp³-hybridized carbons (Fsp3) is 0.333. The van der Waals surface area contributed by atoms with Gasteiger partial charge in [-0.2, -0.15) is 0 Å². The highest BCUT2D eigenvalue weighted by Crippen LogP contribution is 2.08. The van der Waals surface area contributed by atoms with E-state index in [0.29, 0.717) is 24.4 Å². The van der Waals surface area contributed by atoms with E-state index in [-0.39, 0.29) is 5.91 Å². The van der Waals surface area contributed by atoms with Gasteiger partial charge in [-0.25, -0.2) is 4.98 Å². The van der Waals surface area contributed by atoms with E-state index in [1.807, 2.05) is 0 Å². The molecule has 2 heterocycles. The zero-order valence-electron chi connectivity index (χ0n) is 8.84. The highest BCUT2D eigenvalue weighted by molar-refractivity contribution is 5.76. The van der Waals surface area contributed by atoms with Gasteiger partial charge in [-0.1, -0.05) is 0 Å². The van der Waals surface area contributed by atoms with Gasteiger partial charge in [0.2, 0.25) is 11.6 Å². The third-order valence-electron chi connectivity index (χ3n) is 2.14. The maximum absolute atomic E-state index is 11.0. The summed E-state index contributed by atoms with van der Waals surface area (Å²) in [6.45, 7) is 0.513. The average Bonchev–Trinajstić information content (AvgIpc) is 2.77. The van der Waals surface area contributed by atoms with Crippen molar-refractivity contribution in [1.29, 1.82) is 0 Å². The van der Waals surface area contributed by atoms with Crippen LogP contribution < -0.4 is 10.6 Å². The minimum Gasteiger partial charge on any atom is -0.366 e. The SMILES string of the molecule is CNC(=O)CCNc1nccn2cnnc12. The number of anilines is 1. The van der Waals surface area contributed by atoms with Gasteiger partial charge in [0.05, 0.1) is 0 Å². The van der Waals surface area contributed by atoms with Gasteiger partial charge in [-0.05, 0) is 0 Å². The molecule has 0 aliphatic rings. The van der Waals surface area contributed by atoms with Crippen molar-refractivity contribution in [2.45, 2.75) is 6.42 Å². The number of amides is 1. The van der Waals surface area contributed by atoms with Gasteiger partial charge < -0.3 is 10.6 Å². The van der Waals surface area contributed by atoms with Crippen LogP contribution in [0.15, 0.2) is 18.7 Å². The molecule has 0 aliphatic heterocycles. The van der Waals surface area contributed by atoms with E-state index in [2.05, 4.69) is 25.8 Å². The lowest BCUT2D eigenvalue weighted by atomic mass is 10.4. The largest absolute Gasteiger partial charge is 0.366 e. The van der Waals surface area contributed by atoms with Crippen molar-refractivity contribution in [3.63, 3.8) is 0 Å². The Bertz CT molecular complexity index is 493. The number of nitrogens with one attached hydrogen (secondary N) is 2. The van der Waals surface area contributed by atoms with Crippen LogP contribution in [0.1, 0.15) is 6.42 Å². The number of aromatic nitrogens is 4. The molecule has 2 aromatic rings. The summed E-state index contributed by atoms with van der Waals surface area (Å²) in [7, 11) is 1.61. The molecule has 0 spiro atoms. The molecule has 0 atom stereocenters. The van der Waals surface area contributed by atoms with Crippen molar-refractivity contribution in [3.8, 4) is 0 Å². The van der Waals surface area contributed by atoms with E-state index < -0.39 is 0 Å². The van der Waals surface area contributed by atoms with Crippen molar-refractivity contribution < 1.29 is 4.79 Å². The first-order chi connectivity index (χ1) is 7.81. The average molecular weight is 220 g/mol. The van der Waals surface area contributed by atoms with Crippen molar-refractivity contribution in [2.24, 2.45) is 0 Å². The van der Waals surface area contributed by atoms with Gasteiger partial charge in [0.25, 0.3) is 0 Å². The molecule has 7 heteroatoms. The lowest BCUT2D eigenvalue weighted by Gasteiger charge is -2.05. The summed E-state index contributed by atoms with van der Waals surface area (Å²) in [5.74, 6) is 0.616. The first kappa shape index (κ1) is 10.3. The van der Waals surface area contributed by atoms with Gasteiger partial charge in [-0.3, -0.25) is 9.20 Å². The zero-order chi connectivity index (χ0) is 11.4. The summed E-state index contributed by atoms with van der Waals surface area (Å²) in [5.41, 5.74) is 0.652. The molecular formula is C9H12N6O. The fourth-order valence-corrected chi connectivity index (χ4v) is 1.30. The minimum absolute atomic E-state index is 0.0130. The molecule has 0 aliphatic carbocycles. The van der Waals surface area contributed by atoms with Crippen LogP contribution in [0.25, 0.3) is 5.65 Å². The Hall–Kier alpha value is -2.18. The lowest BCUT2D eigenvalue weighted by Crippen LogP contribution is -2.21. The van der Waals surface area contributed by atoms with Crippen molar-refractivity contribution in [3.05, 3.63) is 18.7 Å². The van der Waals surface area contributed by atoms with E-state index in [1.165, 1.54) is 0 Å². The fourth-order valence-electron chi connectivity index (χ4n) is 1.30. The molecule has 0 unspecified atom stereocenters. The predicted molar refractivity (Wildman–Crippen MR) is 58.0 cm³/mol. The molecule has 16 heavy (non-hydrogen) atoms. The summed E-state index contributed by atoms with van der Waals surface area (Å²) in [5, 5.41) is 13.3. The Morgan fingerprint density at radius 3 is 3.25 bits per heavy atom. The number of hydrogen-bond donors (Lipinski definition) is 2. The number of carbonyl (C=O) groups excluding carboxylic acids is 1. The van der Waals surface area contributed by atoms with Gasteiger partial charge >= 0.3 is 0 Å². The maximum atomic E-state index is 11.0. The topological polar surface area (TPSA) is 84.2 Å². The normalized spacial score (nSPS) is 10.3. The summed E-state index contributed by atoms with van der Waals surface area (Å²) >= 11 is 0. The summed E-state index contributed by atoms with van der Waals surface area (Å²) in [6, 6.07) is 0. The standard InChI is InChI=1S/C9H12N6O/c1-10-7(16)2-3-11-8-9-14-13-6-15(9)5-4-12-8/h4-6H,2-3H2,1H3,(H,10,16)(H,11,12). The van der Waals surface area contributed by atoms with E-state index in [9.17, 15) is 4.79 Å². The molecule has 2 aromatic heterocycles. The van der Waals surface area contributed by atoms with Gasteiger partial charge in [-0.15, -0.1) is 10.2 Å². The van der Waals surface area contributed by atoms with Crippen molar-refractivity contribution >= 4 is 17.4 Å². The first-order valence-electron chi connectivity index (χ1n) is 4.90. The molecule has 1 amide bonds. The van der Waals surface area contributed by atoms with Crippen molar-refractivity contribution in [1.82, 2.24) is 24.9 Å². The van der Waals surface area contributed by atoms with Gasteiger partial charge in [0.1, 0.15) is 6.33 Å². The second-order valence-electron chi connectivity index (χ2n) is 3.19. The molecular weight excluding hydrogens is 208 g/mol. The van der Waals surface area contributed by atoms with Crippen LogP contribution >= 0.6 is 0 Å². The highest BCUT2D eigenvalue weighted by Gasteiger charge is 2.04. The van der Waals surface area contributed by atoms with E-state index in [0.717, 1.165) is 0 Å². The Morgan fingerprint density at radius 2 is 2.44 bits per heavy atom. The van der Waals surface area contributed by atoms with Crippen LogP contribution in [-0.4, -0.2) is 39.1 Å². The molecule has 0 radical (unpaired) electrons. The quantitative estimate of drug-likeness (QED) is 0.737. The number of fused-ring (bicyclic) bond motifs is 1. The number of nitrogens with zero attached hydrogens (tertiary/aromatic N) is 4. The number of hydrogen-bond acceptors (Lipinski definition) is 5. The first-order valence-corrected chi connectivity index (χ1v) is 4.90. The zero-order valence-corrected chi connectivity index (χ0v) is 8.84. The monoisotopic (exact) mass is 220 g/mol. The van der Waals surface area contributed by atoms with Crippen LogP contribution in [-0.2, 0) is 4.79 Å². The van der Waals surface area contributed by atoms with E-state index >= 15 is 0 Å². The maximum Gasteiger partial charge on any atom is 0.221 e. The number of carbonyl (C=O) groups is 1. The predicted octanol–water partition coefficient (Wildman–Crippen LogP) is -0.328. The lowest BCUT2D eigenvalue weighted by molar-refractivity contribution is -0.120. The molecule has 7 nitrogen and oxygen atoms in total. The second kappa shape index (κ2) is 4.56. The third-order valence-corrected chi connectivity index (χ3v) is 2.14. The molecule has 84 valence electrons. The molecule has 2 rings (SSSR count). The molecule has 0 bridgehead atoms. The third kappa shape index (κ3) is 2.08. The summed E-state index contributed by atoms with van der Waals surface area (Å²) in [6.07, 6.45) is 5.41. The Balaban J connectivity index is 2.04. The van der Waals surface area contributed by atoms with Crippen LogP contribution in [0.5, 0.6) is 0 Å². The van der Waals surface area contributed by atoms with Gasteiger partial charge in [0.15, 0.2) is 5.82 Å². The van der Waals surface area contributed by atoms with Crippen LogP contribution in [0.3, 0.4) is 0 Å². The summed E-state index contributed by atoms with van der Waals surface area (Å²) in [4.78, 5) is 15.1. The smallest absolute Gasteiger partial charge is 0.221 e. The van der Waals surface area contributed by atoms with Crippen LogP contribution in [0, 0.1) is 0 Å². The summed E-state index contributed by atoms with van der Waals surface area (Å²) < 4.78 is 1.76. The van der Waals surface area contributed by atoms with Gasteiger partial charge in [0, 0.05) is 32.4 Å². The molecule has 0 fully saturated rings. The Kier molecular flexibility index (Phi) is 2.95. The second-order valence-corrected chi connectivity index (χ2v) is 3.19. The molecule has 2 N–H and O–H groups in total. The van der Waals surface area contributed by atoms with Crippen LogP contribution in [0.2, 0.25) is 0 Å². The van der Waals surface area contributed by atoms with E-state index in [4.69, 9.17) is 0 Å². The Labute approximate surface area is 91.9 Å². The van der Waals surface area contributed by atoms with E-state index in [1.54, 1.807) is 30.2 Å². The minimum atomic E-state index is -0.0130. The van der Waals surface area contributed by atoms with Crippen LogP contribution in [0.4, 0.5) is 5.82 Å². The van der Waals surface area contributed by atoms with Crippen molar-refractivity contribution in [2.75, 3.05) is 18.9 Å². The Morgan fingerprint density at radius 1 is 1.56 bits per heavy atom. The number of rotatable bonds is 4. The molecule has 0 aromatic carbocycles. The molecule has 0 saturated heterocycles. The highest BCUT2D eigenvalue weighted by atomic mass is 16.1.